The van der Waals surface area contributed by atoms with Crippen molar-refractivity contribution in [1.82, 2.24) is 9.97 Å². The first-order valence-electron chi connectivity index (χ1n) is 5.11. The number of benzene rings is 1. The van der Waals surface area contributed by atoms with Gasteiger partial charge in [-0.2, -0.15) is 0 Å². The highest BCUT2D eigenvalue weighted by molar-refractivity contribution is 9.10. The summed E-state index contributed by atoms with van der Waals surface area (Å²) < 4.78 is 6.28. The molecule has 2 aromatic rings. The third-order valence-electron chi connectivity index (χ3n) is 2.26. The SMILES string of the molecule is COc1ccc(Br)cc1NCc1cncnc1. The van der Waals surface area contributed by atoms with E-state index >= 15 is 0 Å². The number of nitrogens with zero attached hydrogens (tertiary/aromatic N) is 2. The number of nitrogens with one attached hydrogen (secondary N) is 1. The molecule has 0 radical (unpaired) electrons. The van der Waals surface area contributed by atoms with Crippen molar-refractivity contribution in [3.63, 3.8) is 0 Å². The zero-order valence-electron chi connectivity index (χ0n) is 9.35. The van der Waals surface area contributed by atoms with Crippen molar-refractivity contribution in [2.24, 2.45) is 0 Å². The second-order valence-corrected chi connectivity index (χ2v) is 4.36. The van der Waals surface area contributed by atoms with Crippen LogP contribution in [0.15, 0.2) is 41.4 Å². The van der Waals surface area contributed by atoms with Crippen LogP contribution in [0.2, 0.25) is 0 Å². The van der Waals surface area contributed by atoms with Gasteiger partial charge in [0, 0.05) is 29.0 Å². The maximum atomic E-state index is 5.27. The molecule has 0 spiro atoms. The summed E-state index contributed by atoms with van der Waals surface area (Å²) >= 11 is 3.43. The Morgan fingerprint density at radius 3 is 2.76 bits per heavy atom. The van der Waals surface area contributed by atoms with E-state index in [0.29, 0.717) is 6.54 Å². The summed E-state index contributed by atoms with van der Waals surface area (Å²) in [5, 5.41) is 3.29. The monoisotopic (exact) mass is 293 g/mol. The predicted molar refractivity (Wildman–Crippen MR) is 70.1 cm³/mol. The highest BCUT2D eigenvalue weighted by atomic mass is 79.9. The molecule has 17 heavy (non-hydrogen) atoms. The summed E-state index contributed by atoms with van der Waals surface area (Å²) in [5.74, 6) is 0.810. The van der Waals surface area contributed by atoms with Gasteiger partial charge in [-0.1, -0.05) is 15.9 Å². The minimum atomic E-state index is 0.660. The van der Waals surface area contributed by atoms with Gasteiger partial charge in [0.2, 0.25) is 0 Å². The maximum absolute atomic E-state index is 5.27. The van der Waals surface area contributed by atoms with Crippen LogP contribution in [0.1, 0.15) is 5.56 Å². The molecule has 1 aromatic carbocycles. The summed E-state index contributed by atoms with van der Waals surface area (Å²) in [6.07, 6.45) is 5.08. The molecule has 0 atom stereocenters. The third-order valence-corrected chi connectivity index (χ3v) is 2.75. The number of rotatable bonds is 4. The van der Waals surface area contributed by atoms with Gasteiger partial charge in [-0.3, -0.25) is 0 Å². The topological polar surface area (TPSA) is 47.0 Å². The smallest absolute Gasteiger partial charge is 0.142 e. The van der Waals surface area contributed by atoms with Gasteiger partial charge in [-0.05, 0) is 18.2 Å². The van der Waals surface area contributed by atoms with E-state index in [4.69, 9.17) is 4.74 Å². The number of hydrogen-bond acceptors (Lipinski definition) is 4. The van der Waals surface area contributed by atoms with Crippen LogP contribution in [0.5, 0.6) is 5.75 Å². The van der Waals surface area contributed by atoms with Crippen molar-refractivity contribution in [3.8, 4) is 5.75 Å². The lowest BCUT2D eigenvalue weighted by atomic mass is 10.2. The first-order chi connectivity index (χ1) is 8.29. The molecule has 0 aliphatic heterocycles. The molecule has 0 fully saturated rings. The number of anilines is 1. The Morgan fingerprint density at radius 1 is 1.29 bits per heavy atom. The molecule has 0 aliphatic rings. The van der Waals surface area contributed by atoms with Crippen LogP contribution in [0.4, 0.5) is 5.69 Å². The van der Waals surface area contributed by atoms with Gasteiger partial charge in [0.05, 0.1) is 12.8 Å². The number of halogens is 1. The molecule has 1 heterocycles. The van der Waals surface area contributed by atoms with E-state index in [9.17, 15) is 0 Å². The summed E-state index contributed by atoms with van der Waals surface area (Å²) in [7, 11) is 1.65. The highest BCUT2D eigenvalue weighted by Gasteiger charge is 2.03. The Morgan fingerprint density at radius 2 is 2.06 bits per heavy atom. The van der Waals surface area contributed by atoms with Crippen LogP contribution >= 0.6 is 15.9 Å². The molecule has 88 valence electrons. The first-order valence-corrected chi connectivity index (χ1v) is 5.90. The molecule has 4 nitrogen and oxygen atoms in total. The van der Waals surface area contributed by atoms with Gasteiger partial charge in [0.1, 0.15) is 12.1 Å². The van der Waals surface area contributed by atoms with Crippen LogP contribution in [-0.2, 0) is 6.54 Å². The van der Waals surface area contributed by atoms with Crippen LogP contribution in [0.3, 0.4) is 0 Å². The van der Waals surface area contributed by atoms with Gasteiger partial charge in [-0.25, -0.2) is 9.97 Å². The molecule has 2 rings (SSSR count). The first kappa shape index (κ1) is 11.9. The van der Waals surface area contributed by atoms with Crippen LogP contribution in [0.25, 0.3) is 0 Å². The molecule has 1 N–H and O–H groups in total. The van der Waals surface area contributed by atoms with E-state index in [1.807, 2.05) is 18.2 Å². The molecule has 0 unspecified atom stereocenters. The van der Waals surface area contributed by atoms with Gasteiger partial charge < -0.3 is 10.1 Å². The molecule has 0 amide bonds. The van der Waals surface area contributed by atoms with Crippen LogP contribution in [0, 0.1) is 0 Å². The molecular formula is C12H12BrN3O. The van der Waals surface area contributed by atoms with Crippen molar-refractivity contribution in [3.05, 3.63) is 47.0 Å². The number of hydrogen-bond donors (Lipinski definition) is 1. The predicted octanol–water partition coefficient (Wildman–Crippen LogP) is 2.86. The molecule has 0 saturated carbocycles. The Labute approximate surface area is 108 Å². The van der Waals surface area contributed by atoms with Crippen molar-refractivity contribution in [2.75, 3.05) is 12.4 Å². The van der Waals surface area contributed by atoms with E-state index in [1.54, 1.807) is 19.5 Å². The Hall–Kier alpha value is -1.62. The molecule has 5 heteroatoms. The number of ether oxygens (including phenoxy) is 1. The maximum Gasteiger partial charge on any atom is 0.142 e. The molecule has 0 saturated heterocycles. The second-order valence-electron chi connectivity index (χ2n) is 3.44. The largest absolute Gasteiger partial charge is 0.495 e. The average Bonchev–Trinajstić information content (AvgIpc) is 2.38. The lowest BCUT2D eigenvalue weighted by Crippen LogP contribution is -2.02. The molecular weight excluding hydrogens is 282 g/mol. The van der Waals surface area contributed by atoms with Crippen molar-refractivity contribution in [2.45, 2.75) is 6.54 Å². The fraction of sp³-hybridized carbons (Fsp3) is 0.167. The van der Waals surface area contributed by atoms with Crippen LogP contribution in [-0.4, -0.2) is 17.1 Å². The standard InChI is InChI=1S/C12H12BrN3O/c1-17-12-3-2-10(13)4-11(12)16-7-9-5-14-8-15-6-9/h2-6,8,16H,7H2,1H3. The molecule has 0 bridgehead atoms. The fourth-order valence-corrected chi connectivity index (χ4v) is 1.80. The summed E-state index contributed by atoms with van der Waals surface area (Å²) in [6.45, 7) is 0.660. The number of methoxy groups -OCH3 is 1. The Kier molecular flexibility index (Phi) is 3.93. The van der Waals surface area contributed by atoms with E-state index in [0.717, 1.165) is 21.5 Å². The van der Waals surface area contributed by atoms with E-state index < -0.39 is 0 Å². The number of aromatic nitrogens is 2. The quantitative estimate of drug-likeness (QED) is 0.942. The highest BCUT2D eigenvalue weighted by Crippen LogP contribution is 2.28. The van der Waals surface area contributed by atoms with E-state index in [1.165, 1.54) is 6.33 Å². The summed E-state index contributed by atoms with van der Waals surface area (Å²) in [6, 6.07) is 5.83. The normalized spacial score (nSPS) is 10.0. The van der Waals surface area contributed by atoms with Gasteiger partial charge in [0.15, 0.2) is 0 Å². The van der Waals surface area contributed by atoms with Gasteiger partial charge in [-0.15, -0.1) is 0 Å². The second kappa shape index (κ2) is 5.63. The summed E-state index contributed by atoms with van der Waals surface area (Å²) in [4.78, 5) is 7.93. The molecule has 0 aliphatic carbocycles. The van der Waals surface area contributed by atoms with Gasteiger partial charge >= 0.3 is 0 Å². The third kappa shape index (κ3) is 3.17. The average molecular weight is 294 g/mol. The minimum Gasteiger partial charge on any atom is -0.495 e. The van der Waals surface area contributed by atoms with Crippen molar-refractivity contribution in [1.29, 1.82) is 0 Å². The Bertz CT molecular complexity index is 490. The Balaban J connectivity index is 2.11. The molecule has 1 aromatic heterocycles. The summed E-state index contributed by atoms with van der Waals surface area (Å²) in [5.41, 5.74) is 1.96. The van der Waals surface area contributed by atoms with Crippen LogP contribution < -0.4 is 10.1 Å². The zero-order chi connectivity index (χ0) is 12.1. The van der Waals surface area contributed by atoms with Crippen molar-refractivity contribution < 1.29 is 4.74 Å². The fourth-order valence-electron chi connectivity index (χ4n) is 1.44. The lowest BCUT2D eigenvalue weighted by Gasteiger charge is -2.11. The lowest BCUT2D eigenvalue weighted by molar-refractivity contribution is 0.416. The van der Waals surface area contributed by atoms with Crippen molar-refractivity contribution >= 4 is 21.6 Å². The van der Waals surface area contributed by atoms with E-state index in [-0.39, 0.29) is 0 Å². The van der Waals surface area contributed by atoms with Gasteiger partial charge in [0.25, 0.3) is 0 Å². The minimum absolute atomic E-state index is 0.660. The zero-order valence-corrected chi connectivity index (χ0v) is 10.9. The van der Waals surface area contributed by atoms with E-state index in [2.05, 4.69) is 31.2 Å².